The second-order valence-electron chi connectivity index (χ2n) is 9.41. The smallest absolute Gasteiger partial charge is 0.324 e. The molecule has 3 rings (SSSR count). The fourth-order valence-corrected chi connectivity index (χ4v) is 4.27. The van der Waals surface area contributed by atoms with Gasteiger partial charge in [0, 0.05) is 32.0 Å². The summed E-state index contributed by atoms with van der Waals surface area (Å²) in [7, 11) is 0. The van der Waals surface area contributed by atoms with Gasteiger partial charge in [0.1, 0.15) is 6.54 Å². The third kappa shape index (κ3) is 4.47. The first-order chi connectivity index (χ1) is 13.1. The predicted molar refractivity (Wildman–Crippen MR) is 103 cm³/mol. The van der Waals surface area contributed by atoms with Crippen LogP contribution in [0.15, 0.2) is 0 Å². The van der Waals surface area contributed by atoms with Crippen LogP contribution in [0.1, 0.15) is 47.0 Å². The van der Waals surface area contributed by atoms with Gasteiger partial charge in [-0.25, -0.2) is 4.79 Å². The minimum absolute atomic E-state index is 0.0800. The number of carbonyl (C=O) groups is 4. The van der Waals surface area contributed by atoms with E-state index in [1.165, 1.54) is 4.90 Å². The summed E-state index contributed by atoms with van der Waals surface area (Å²) in [5.74, 6) is -0.197. The molecule has 0 aromatic heterocycles. The molecule has 0 radical (unpaired) electrons. The number of imide groups is 1. The molecule has 3 atom stereocenters. The van der Waals surface area contributed by atoms with E-state index in [-0.39, 0.29) is 54.1 Å². The highest BCUT2D eigenvalue weighted by molar-refractivity contribution is 5.99. The van der Waals surface area contributed by atoms with Crippen LogP contribution in [0.25, 0.3) is 0 Å². The van der Waals surface area contributed by atoms with E-state index in [0.717, 1.165) is 12.8 Å². The molecule has 5 amide bonds. The summed E-state index contributed by atoms with van der Waals surface area (Å²) in [4.78, 5) is 51.9. The largest absolute Gasteiger partial charge is 0.350 e. The summed E-state index contributed by atoms with van der Waals surface area (Å²) in [6, 6.07) is -0.618. The lowest BCUT2D eigenvalue weighted by Gasteiger charge is -2.31. The van der Waals surface area contributed by atoms with Crippen LogP contribution in [0.2, 0.25) is 0 Å². The lowest BCUT2D eigenvalue weighted by molar-refractivity contribution is -0.131. The average Bonchev–Trinajstić information content (AvgIpc) is 3.18. The van der Waals surface area contributed by atoms with Gasteiger partial charge in [-0.3, -0.25) is 19.7 Å². The SMILES string of the molecule is CC(C)CC(=O)N1C[C@@H](C2(C)CC2)[C@H](NC(=O)CN2CC(C)C(=O)NC2=O)C1. The Morgan fingerprint density at radius 2 is 1.89 bits per heavy atom. The van der Waals surface area contributed by atoms with Crippen molar-refractivity contribution in [2.45, 2.75) is 53.0 Å². The fourth-order valence-electron chi connectivity index (χ4n) is 4.27. The Balaban J connectivity index is 1.61. The van der Waals surface area contributed by atoms with Gasteiger partial charge in [-0.1, -0.05) is 27.7 Å². The van der Waals surface area contributed by atoms with Crippen molar-refractivity contribution in [3.8, 4) is 0 Å². The molecule has 1 saturated carbocycles. The monoisotopic (exact) mass is 392 g/mol. The quantitative estimate of drug-likeness (QED) is 0.703. The summed E-state index contributed by atoms with van der Waals surface area (Å²) in [5, 5.41) is 5.34. The molecule has 8 nitrogen and oxygen atoms in total. The molecule has 0 bridgehead atoms. The molecule has 3 aliphatic rings. The summed E-state index contributed by atoms with van der Waals surface area (Å²) >= 11 is 0. The lowest BCUT2D eigenvalue weighted by Crippen LogP contribution is -2.57. The summed E-state index contributed by atoms with van der Waals surface area (Å²) in [6.07, 6.45) is 2.75. The normalized spacial score (nSPS) is 29.1. The van der Waals surface area contributed by atoms with Gasteiger partial charge in [0.25, 0.3) is 0 Å². The topological polar surface area (TPSA) is 98.8 Å². The maximum absolute atomic E-state index is 12.6. The van der Waals surface area contributed by atoms with Crippen LogP contribution in [-0.4, -0.2) is 65.8 Å². The van der Waals surface area contributed by atoms with Gasteiger partial charge in [-0.05, 0) is 24.2 Å². The van der Waals surface area contributed by atoms with E-state index in [2.05, 4.69) is 17.6 Å². The summed E-state index contributed by atoms with van der Waals surface area (Å²) in [5.41, 5.74) is 0.175. The molecular formula is C20H32N4O4. The highest BCUT2D eigenvalue weighted by Crippen LogP contribution is 2.54. The summed E-state index contributed by atoms with van der Waals surface area (Å²) < 4.78 is 0. The Morgan fingerprint density at radius 1 is 1.21 bits per heavy atom. The number of urea groups is 1. The Bertz CT molecular complexity index is 673. The van der Waals surface area contributed by atoms with Crippen molar-refractivity contribution in [1.29, 1.82) is 0 Å². The molecule has 0 spiro atoms. The van der Waals surface area contributed by atoms with E-state index < -0.39 is 6.03 Å². The molecule has 1 aliphatic carbocycles. The summed E-state index contributed by atoms with van der Waals surface area (Å²) in [6.45, 7) is 9.38. The van der Waals surface area contributed by atoms with Crippen LogP contribution in [-0.2, 0) is 14.4 Å². The molecule has 156 valence electrons. The number of nitrogens with one attached hydrogen (secondary N) is 2. The molecule has 8 heteroatoms. The Kier molecular flexibility index (Phi) is 5.68. The molecular weight excluding hydrogens is 360 g/mol. The lowest BCUT2D eigenvalue weighted by atomic mass is 9.87. The van der Waals surface area contributed by atoms with Crippen LogP contribution >= 0.6 is 0 Å². The van der Waals surface area contributed by atoms with Gasteiger partial charge >= 0.3 is 6.03 Å². The maximum atomic E-state index is 12.6. The van der Waals surface area contributed by atoms with Crippen molar-refractivity contribution in [2.75, 3.05) is 26.2 Å². The molecule has 1 unspecified atom stereocenters. The molecule has 2 aliphatic heterocycles. The van der Waals surface area contributed by atoms with E-state index in [9.17, 15) is 19.2 Å². The molecule has 0 aromatic rings. The number of amides is 5. The number of likely N-dealkylation sites (tertiary alicyclic amines) is 1. The zero-order valence-electron chi connectivity index (χ0n) is 17.3. The number of hydrogen-bond donors (Lipinski definition) is 2. The van der Waals surface area contributed by atoms with E-state index in [0.29, 0.717) is 25.4 Å². The van der Waals surface area contributed by atoms with E-state index in [4.69, 9.17) is 0 Å². The molecule has 28 heavy (non-hydrogen) atoms. The maximum Gasteiger partial charge on any atom is 0.324 e. The van der Waals surface area contributed by atoms with Crippen LogP contribution in [0.5, 0.6) is 0 Å². The van der Waals surface area contributed by atoms with Crippen molar-refractivity contribution in [3.05, 3.63) is 0 Å². The molecule has 0 aromatic carbocycles. The predicted octanol–water partition coefficient (Wildman–Crippen LogP) is 0.964. The zero-order valence-corrected chi connectivity index (χ0v) is 17.3. The van der Waals surface area contributed by atoms with Crippen LogP contribution in [0.3, 0.4) is 0 Å². The fraction of sp³-hybridized carbons (Fsp3) is 0.800. The van der Waals surface area contributed by atoms with Gasteiger partial charge in [0.05, 0.1) is 12.0 Å². The van der Waals surface area contributed by atoms with Gasteiger partial charge < -0.3 is 15.1 Å². The van der Waals surface area contributed by atoms with E-state index >= 15 is 0 Å². The van der Waals surface area contributed by atoms with E-state index in [1.807, 2.05) is 18.7 Å². The Morgan fingerprint density at radius 3 is 2.50 bits per heavy atom. The second-order valence-corrected chi connectivity index (χ2v) is 9.41. The third-order valence-corrected chi connectivity index (χ3v) is 6.33. The van der Waals surface area contributed by atoms with E-state index in [1.54, 1.807) is 6.92 Å². The minimum atomic E-state index is -0.524. The highest BCUT2D eigenvalue weighted by Gasteiger charge is 2.52. The minimum Gasteiger partial charge on any atom is -0.350 e. The first kappa shape index (κ1) is 20.6. The highest BCUT2D eigenvalue weighted by atomic mass is 16.2. The van der Waals surface area contributed by atoms with Crippen molar-refractivity contribution in [2.24, 2.45) is 23.2 Å². The van der Waals surface area contributed by atoms with Crippen molar-refractivity contribution in [1.82, 2.24) is 20.4 Å². The molecule has 3 fully saturated rings. The number of nitrogens with zero attached hydrogens (tertiary/aromatic N) is 2. The van der Waals surface area contributed by atoms with Gasteiger partial charge in [0.15, 0.2) is 0 Å². The van der Waals surface area contributed by atoms with Gasteiger partial charge in [0.2, 0.25) is 17.7 Å². The van der Waals surface area contributed by atoms with Gasteiger partial charge in [-0.15, -0.1) is 0 Å². The van der Waals surface area contributed by atoms with Crippen LogP contribution < -0.4 is 10.6 Å². The van der Waals surface area contributed by atoms with Crippen molar-refractivity contribution in [3.63, 3.8) is 0 Å². The number of hydrogen-bond acceptors (Lipinski definition) is 4. The third-order valence-electron chi connectivity index (χ3n) is 6.33. The average molecular weight is 393 g/mol. The number of carbonyl (C=O) groups excluding carboxylic acids is 4. The molecule has 2 saturated heterocycles. The second kappa shape index (κ2) is 7.72. The number of rotatable bonds is 6. The molecule has 2 heterocycles. The Hall–Kier alpha value is -2.12. The van der Waals surface area contributed by atoms with Gasteiger partial charge in [-0.2, -0.15) is 0 Å². The van der Waals surface area contributed by atoms with Crippen LogP contribution in [0.4, 0.5) is 4.79 Å². The zero-order chi connectivity index (χ0) is 20.6. The first-order valence-electron chi connectivity index (χ1n) is 10.3. The standard InChI is InChI=1S/C20H32N4O4/c1-12(2)7-17(26)23-9-14(20(4)5-6-20)15(10-23)21-16(25)11-24-8-13(3)18(27)22-19(24)28/h12-15H,5-11H2,1-4H3,(H,21,25)(H,22,27,28)/t13?,14-,15-/m1/s1. The first-order valence-corrected chi connectivity index (χ1v) is 10.3. The molecule has 2 N–H and O–H groups in total. The van der Waals surface area contributed by atoms with Crippen molar-refractivity contribution >= 4 is 23.8 Å². The Labute approximate surface area is 166 Å². The van der Waals surface area contributed by atoms with Crippen molar-refractivity contribution < 1.29 is 19.2 Å². The van der Waals surface area contributed by atoms with Crippen LogP contribution in [0, 0.1) is 23.2 Å².